The van der Waals surface area contributed by atoms with Gasteiger partial charge in [0.05, 0.1) is 18.6 Å². The van der Waals surface area contributed by atoms with Crippen molar-refractivity contribution in [2.75, 3.05) is 10.7 Å². The normalized spacial score (nSPS) is 15.5. The Balaban J connectivity index is 1.39. The summed E-state index contributed by atoms with van der Waals surface area (Å²) in [5.41, 5.74) is 3.39. The molecule has 1 atom stereocenters. The molecule has 162 valence electrons. The monoisotopic (exact) mass is 444 g/mol. The number of anilines is 1. The van der Waals surface area contributed by atoms with Crippen LogP contribution in [0.5, 0.6) is 0 Å². The topological polar surface area (TPSA) is 64.2 Å². The molecule has 32 heavy (non-hydrogen) atoms. The van der Waals surface area contributed by atoms with E-state index in [9.17, 15) is 4.79 Å². The van der Waals surface area contributed by atoms with Gasteiger partial charge in [0.2, 0.25) is 11.7 Å². The van der Waals surface area contributed by atoms with Crippen LogP contribution in [0.2, 0.25) is 0 Å². The van der Waals surface area contributed by atoms with Crippen LogP contribution in [-0.4, -0.2) is 32.5 Å². The Morgan fingerprint density at radius 3 is 2.69 bits per heavy atom. The number of amides is 1. The largest absolute Gasteiger partial charge is 0.461 e. The highest BCUT2D eigenvalue weighted by Crippen LogP contribution is 2.32. The molecule has 0 aliphatic carbocycles. The Labute approximate surface area is 191 Å². The number of fused-ring (bicyclic) bond motifs is 1. The summed E-state index contributed by atoms with van der Waals surface area (Å²) in [6.45, 7) is 2.72. The molecule has 0 fully saturated rings. The fourth-order valence-electron chi connectivity index (χ4n) is 4.16. The zero-order chi connectivity index (χ0) is 21.9. The molecule has 5 rings (SSSR count). The standard InChI is InChI=1S/C25H24N4O2S/c1-18-13-14-20-10-5-6-11-21(20)29(18)23(30)17-32-25-27-26-24(22-12-7-15-31-22)28(25)16-19-8-3-2-4-9-19/h2-12,15,18H,13-14,16-17H2,1H3. The molecule has 0 bridgehead atoms. The van der Waals surface area contributed by atoms with E-state index in [0.29, 0.717) is 29.0 Å². The number of aromatic nitrogens is 3. The predicted octanol–water partition coefficient (Wildman–Crippen LogP) is 5.05. The number of para-hydroxylation sites is 1. The number of benzene rings is 2. The molecule has 2 aromatic carbocycles. The van der Waals surface area contributed by atoms with Gasteiger partial charge in [-0.25, -0.2) is 0 Å². The van der Waals surface area contributed by atoms with Crippen molar-refractivity contribution in [3.63, 3.8) is 0 Å². The molecule has 0 saturated heterocycles. The Morgan fingerprint density at radius 2 is 1.88 bits per heavy atom. The number of hydrogen-bond donors (Lipinski definition) is 0. The lowest BCUT2D eigenvalue weighted by atomic mass is 9.97. The summed E-state index contributed by atoms with van der Waals surface area (Å²) in [4.78, 5) is 15.2. The molecule has 0 radical (unpaired) electrons. The Hall–Kier alpha value is -3.32. The van der Waals surface area contributed by atoms with Gasteiger partial charge >= 0.3 is 0 Å². The van der Waals surface area contributed by atoms with E-state index in [-0.39, 0.29) is 11.9 Å². The number of aryl methyl sites for hydroxylation is 1. The predicted molar refractivity (Wildman–Crippen MR) is 126 cm³/mol. The molecule has 0 N–H and O–H groups in total. The lowest BCUT2D eigenvalue weighted by molar-refractivity contribution is -0.116. The molecular weight excluding hydrogens is 420 g/mol. The van der Waals surface area contributed by atoms with E-state index < -0.39 is 0 Å². The maximum atomic E-state index is 13.3. The van der Waals surface area contributed by atoms with Crippen LogP contribution >= 0.6 is 11.8 Å². The molecule has 0 saturated carbocycles. The summed E-state index contributed by atoms with van der Waals surface area (Å²) < 4.78 is 7.59. The first-order chi connectivity index (χ1) is 15.7. The molecule has 1 aliphatic rings. The number of carbonyl (C=O) groups is 1. The summed E-state index contributed by atoms with van der Waals surface area (Å²) in [6.07, 6.45) is 3.61. The number of rotatable bonds is 6. The molecule has 1 unspecified atom stereocenters. The second-order valence-electron chi connectivity index (χ2n) is 7.92. The van der Waals surface area contributed by atoms with Crippen molar-refractivity contribution in [3.05, 3.63) is 84.1 Å². The Morgan fingerprint density at radius 1 is 1.06 bits per heavy atom. The molecule has 4 aromatic rings. The van der Waals surface area contributed by atoms with Gasteiger partial charge in [-0.2, -0.15) is 0 Å². The summed E-state index contributed by atoms with van der Waals surface area (Å²) in [6, 6.07) is 22.2. The third-order valence-corrected chi connectivity index (χ3v) is 6.71. The van der Waals surface area contributed by atoms with Crippen LogP contribution in [0.25, 0.3) is 11.6 Å². The van der Waals surface area contributed by atoms with Gasteiger partial charge in [0.25, 0.3) is 0 Å². The molecule has 6 nitrogen and oxygen atoms in total. The first-order valence-corrected chi connectivity index (χ1v) is 11.7. The van der Waals surface area contributed by atoms with Crippen molar-refractivity contribution in [1.82, 2.24) is 14.8 Å². The number of nitrogens with zero attached hydrogens (tertiary/aromatic N) is 4. The average Bonchev–Trinajstić information content (AvgIpc) is 3.48. The maximum Gasteiger partial charge on any atom is 0.237 e. The van der Waals surface area contributed by atoms with Crippen LogP contribution in [-0.2, 0) is 17.8 Å². The van der Waals surface area contributed by atoms with Crippen LogP contribution in [0.3, 0.4) is 0 Å². The van der Waals surface area contributed by atoms with Gasteiger partial charge in [-0.15, -0.1) is 10.2 Å². The van der Waals surface area contributed by atoms with Gasteiger partial charge in [-0.05, 0) is 49.1 Å². The van der Waals surface area contributed by atoms with E-state index >= 15 is 0 Å². The summed E-state index contributed by atoms with van der Waals surface area (Å²) in [5.74, 6) is 1.70. The highest BCUT2D eigenvalue weighted by molar-refractivity contribution is 7.99. The van der Waals surface area contributed by atoms with Gasteiger partial charge in [-0.3, -0.25) is 9.36 Å². The molecule has 1 aliphatic heterocycles. The number of furan rings is 1. The quantitative estimate of drug-likeness (QED) is 0.390. The first kappa shape index (κ1) is 20.6. The molecular formula is C25H24N4O2S. The highest BCUT2D eigenvalue weighted by Gasteiger charge is 2.28. The van der Waals surface area contributed by atoms with Crippen LogP contribution in [0, 0.1) is 0 Å². The van der Waals surface area contributed by atoms with Gasteiger partial charge in [0.15, 0.2) is 10.9 Å². The second kappa shape index (κ2) is 9.04. The van der Waals surface area contributed by atoms with Gasteiger partial charge in [0, 0.05) is 11.7 Å². The Kier molecular flexibility index (Phi) is 5.81. The van der Waals surface area contributed by atoms with Crippen LogP contribution in [0.1, 0.15) is 24.5 Å². The minimum atomic E-state index is 0.0865. The summed E-state index contributed by atoms with van der Waals surface area (Å²) in [5, 5.41) is 9.46. The van der Waals surface area contributed by atoms with Crippen molar-refractivity contribution in [1.29, 1.82) is 0 Å². The molecule has 3 heterocycles. The number of carbonyl (C=O) groups excluding carboxylic acids is 1. The second-order valence-corrected chi connectivity index (χ2v) is 8.87. The molecule has 1 amide bonds. The van der Waals surface area contributed by atoms with Crippen LogP contribution in [0.4, 0.5) is 5.69 Å². The van der Waals surface area contributed by atoms with Crippen molar-refractivity contribution in [3.8, 4) is 11.6 Å². The van der Waals surface area contributed by atoms with Gasteiger partial charge in [-0.1, -0.05) is 60.3 Å². The third kappa shape index (κ3) is 4.08. The minimum absolute atomic E-state index is 0.0865. The van der Waals surface area contributed by atoms with E-state index in [2.05, 4.69) is 35.3 Å². The van der Waals surface area contributed by atoms with Gasteiger partial charge < -0.3 is 9.32 Å². The number of hydrogen-bond acceptors (Lipinski definition) is 5. The number of thioether (sulfide) groups is 1. The van der Waals surface area contributed by atoms with Crippen LogP contribution in [0.15, 0.2) is 82.6 Å². The summed E-state index contributed by atoms with van der Waals surface area (Å²) in [7, 11) is 0. The molecule has 7 heteroatoms. The van der Waals surface area contributed by atoms with E-state index in [0.717, 1.165) is 24.1 Å². The zero-order valence-electron chi connectivity index (χ0n) is 17.8. The summed E-state index contributed by atoms with van der Waals surface area (Å²) >= 11 is 1.42. The average molecular weight is 445 g/mol. The lowest BCUT2D eigenvalue weighted by Crippen LogP contribution is -2.43. The maximum absolute atomic E-state index is 13.3. The van der Waals surface area contributed by atoms with E-state index in [1.165, 1.54) is 17.3 Å². The SMILES string of the molecule is CC1CCc2ccccc2N1C(=O)CSc1nnc(-c2ccco2)n1Cc1ccccc1. The third-order valence-electron chi connectivity index (χ3n) is 5.76. The highest BCUT2D eigenvalue weighted by atomic mass is 32.2. The lowest BCUT2D eigenvalue weighted by Gasteiger charge is -2.35. The first-order valence-electron chi connectivity index (χ1n) is 10.7. The Bertz CT molecular complexity index is 1200. The van der Waals surface area contributed by atoms with E-state index in [4.69, 9.17) is 4.42 Å². The smallest absolute Gasteiger partial charge is 0.237 e. The zero-order valence-corrected chi connectivity index (χ0v) is 18.7. The van der Waals surface area contributed by atoms with Crippen molar-refractivity contribution < 1.29 is 9.21 Å². The fourth-order valence-corrected chi connectivity index (χ4v) is 4.95. The van der Waals surface area contributed by atoms with Gasteiger partial charge in [0.1, 0.15) is 0 Å². The molecule has 0 spiro atoms. The minimum Gasteiger partial charge on any atom is -0.461 e. The van der Waals surface area contributed by atoms with Crippen molar-refractivity contribution in [2.24, 2.45) is 0 Å². The van der Waals surface area contributed by atoms with Crippen molar-refractivity contribution in [2.45, 2.75) is 37.5 Å². The fraction of sp³-hybridized carbons (Fsp3) is 0.240. The molecule has 2 aromatic heterocycles. The van der Waals surface area contributed by atoms with E-state index in [1.54, 1.807) is 6.26 Å². The van der Waals surface area contributed by atoms with Crippen LogP contribution < -0.4 is 4.90 Å². The van der Waals surface area contributed by atoms with Crippen molar-refractivity contribution >= 4 is 23.4 Å². The van der Waals surface area contributed by atoms with E-state index in [1.807, 2.05) is 58.0 Å².